The van der Waals surface area contributed by atoms with E-state index in [4.69, 9.17) is 9.47 Å². The minimum Gasteiger partial charge on any atom is -0.444 e. The standard InChI is InChI=1S/C21H27N3O5/c1-5-14-28-20(27)24(23-19(26)29-21(2,3)4)17(16-12-9-13-22-16)18(25)15-10-7-6-8-11-15/h5-12,16-17,22H,1,13-14H2,2-4H3,(H,23,26). The second-order valence-corrected chi connectivity index (χ2v) is 7.39. The summed E-state index contributed by atoms with van der Waals surface area (Å²) in [7, 11) is 0. The van der Waals surface area contributed by atoms with Crippen LogP contribution in [-0.2, 0) is 9.47 Å². The maximum atomic E-state index is 13.3. The Balaban J connectivity index is 2.37. The summed E-state index contributed by atoms with van der Waals surface area (Å²) in [5.41, 5.74) is 1.99. The molecular formula is C21H27N3O5. The van der Waals surface area contributed by atoms with Crippen molar-refractivity contribution < 1.29 is 23.9 Å². The van der Waals surface area contributed by atoms with E-state index in [-0.39, 0.29) is 12.4 Å². The Morgan fingerprint density at radius 3 is 2.55 bits per heavy atom. The van der Waals surface area contributed by atoms with Gasteiger partial charge in [-0.1, -0.05) is 55.1 Å². The second-order valence-electron chi connectivity index (χ2n) is 7.39. The molecule has 1 aromatic carbocycles. The first-order chi connectivity index (χ1) is 13.7. The summed E-state index contributed by atoms with van der Waals surface area (Å²) in [6.45, 7) is 9.05. The quantitative estimate of drug-likeness (QED) is 0.432. The number of hydrogen-bond donors (Lipinski definition) is 2. The molecule has 2 unspecified atom stereocenters. The smallest absolute Gasteiger partial charge is 0.429 e. The number of hydrazine groups is 1. The van der Waals surface area contributed by atoms with E-state index in [0.29, 0.717) is 12.1 Å². The van der Waals surface area contributed by atoms with Crippen molar-refractivity contribution in [1.29, 1.82) is 0 Å². The lowest BCUT2D eigenvalue weighted by Crippen LogP contribution is -2.61. The Morgan fingerprint density at radius 1 is 1.31 bits per heavy atom. The van der Waals surface area contributed by atoms with E-state index in [0.717, 1.165) is 5.01 Å². The largest absolute Gasteiger partial charge is 0.444 e. The number of benzene rings is 1. The summed E-state index contributed by atoms with van der Waals surface area (Å²) in [4.78, 5) is 38.4. The Hall–Kier alpha value is -3.13. The lowest BCUT2D eigenvalue weighted by atomic mass is 9.98. The zero-order valence-corrected chi connectivity index (χ0v) is 16.9. The Morgan fingerprint density at radius 2 is 2.00 bits per heavy atom. The minimum atomic E-state index is -1.08. The molecule has 29 heavy (non-hydrogen) atoms. The van der Waals surface area contributed by atoms with Crippen LogP contribution in [0.4, 0.5) is 9.59 Å². The van der Waals surface area contributed by atoms with Crippen molar-refractivity contribution in [2.75, 3.05) is 13.2 Å². The number of hydrogen-bond acceptors (Lipinski definition) is 6. The van der Waals surface area contributed by atoms with Crippen molar-refractivity contribution in [2.45, 2.75) is 38.5 Å². The van der Waals surface area contributed by atoms with Crippen LogP contribution in [0.15, 0.2) is 55.1 Å². The fraction of sp³-hybridized carbons (Fsp3) is 0.381. The molecule has 1 aliphatic heterocycles. The first kappa shape index (κ1) is 22.2. The fourth-order valence-corrected chi connectivity index (χ4v) is 2.75. The van der Waals surface area contributed by atoms with Gasteiger partial charge in [-0.15, -0.1) is 0 Å². The van der Waals surface area contributed by atoms with Gasteiger partial charge in [0.2, 0.25) is 0 Å². The molecule has 0 aromatic heterocycles. The zero-order chi connectivity index (χ0) is 21.4. The number of rotatable bonds is 6. The van der Waals surface area contributed by atoms with Crippen molar-refractivity contribution in [3.8, 4) is 0 Å². The van der Waals surface area contributed by atoms with Crippen LogP contribution in [0.2, 0.25) is 0 Å². The van der Waals surface area contributed by atoms with E-state index in [1.807, 2.05) is 6.08 Å². The number of ketones is 1. The number of nitrogens with zero attached hydrogens (tertiary/aromatic N) is 1. The lowest BCUT2D eigenvalue weighted by molar-refractivity contribution is 0.0188. The van der Waals surface area contributed by atoms with Crippen molar-refractivity contribution in [1.82, 2.24) is 15.8 Å². The highest BCUT2D eigenvalue weighted by atomic mass is 16.6. The number of ether oxygens (including phenoxy) is 2. The van der Waals surface area contributed by atoms with Crippen LogP contribution in [-0.4, -0.2) is 53.8 Å². The van der Waals surface area contributed by atoms with Crippen molar-refractivity contribution >= 4 is 18.0 Å². The van der Waals surface area contributed by atoms with Gasteiger partial charge in [0, 0.05) is 12.1 Å². The number of nitrogens with one attached hydrogen (secondary N) is 2. The molecule has 0 spiro atoms. The average molecular weight is 401 g/mol. The molecule has 0 saturated carbocycles. The molecule has 1 aromatic rings. The SMILES string of the molecule is C=CCOC(=O)N(NC(=O)OC(C)(C)C)C(C(=O)c1ccccc1)C1C=CCN1. The lowest BCUT2D eigenvalue weighted by Gasteiger charge is -2.33. The highest BCUT2D eigenvalue weighted by Gasteiger charge is 2.39. The van der Waals surface area contributed by atoms with Crippen LogP contribution < -0.4 is 10.7 Å². The molecule has 2 N–H and O–H groups in total. The maximum absolute atomic E-state index is 13.3. The molecule has 0 fully saturated rings. The van der Waals surface area contributed by atoms with Crippen molar-refractivity contribution in [3.63, 3.8) is 0 Å². The average Bonchev–Trinajstić information content (AvgIpc) is 3.19. The molecule has 156 valence electrons. The Bertz CT molecular complexity index is 770. The number of Topliss-reactive ketones (excluding diaryl/α,β-unsaturated/α-hetero) is 1. The third kappa shape index (κ3) is 6.46. The van der Waals surface area contributed by atoms with Gasteiger partial charge in [0.1, 0.15) is 18.2 Å². The van der Waals surface area contributed by atoms with Gasteiger partial charge in [-0.25, -0.2) is 20.0 Å². The summed E-state index contributed by atoms with van der Waals surface area (Å²) >= 11 is 0. The van der Waals surface area contributed by atoms with Crippen LogP contribution in [0.5, 0.6) is 0 Å². The Labute approximate surface area is 170 Å². The van der Waals surface area contributed by atoms with E-state index in [1.54, 1.807) is 57.2 Å². The first-order valence-electron chi connectivity index (χ1n) is 9.29. The van der Waals surface area contributed by atoms with Gasteiger partial charge in [-0.2, -0.15) is 0 Å². The van der Waals surface area contributed by atoms with Gasteiger partial charge in [0.05, 0.1) is 6.04 Å². The van der Waals surface area contributed by atoms with Gasteiger partial charge in [0.15, 0.2) is 5.78 Å². The zero-order valence-electron chi connectivity index (χ0n) is 16.9. The molecule has 2 amide bonds. The molecule has 0 aliphatic carbocycles. The van der Waals surface area contributed by atoms with Crippen LogP contribution in [0.1, 0.15) is 31.1 Å². The topological polar surface area (TPSA) is 97.0 Å². The highest BCUT2D eigenvalue weighted by Crippen LogP contribution is 2.17. The van der Waals surface area contributed by atoms with E-state index >= 15 is 0 Å². The molecule has 1 heterocycles. The summed E-state index contributed by atoms with van der Waals surface area (Å²) in [5, 5.41) is 4.00. The number of carbonyl (C=O) groups is 3. The number of amides is 2. The summed E-state index contributed by atoms with van der Waals surface area (Å²) in [6, 6.07) is 6.93. The monoisotopic (exact) mass is 401 g/mol. The normalized spacial score (nSPS) is 16.6. The molecule has 0 radical (unpaired) electrons. The Kier molecular flexibility index (Phi) is 7.55. The highest BCUT2D eigenvalue weighted by molar-refractivity contribution is 6.02. The second kappa shape index (κ2) is 9.88. The summed E-state index contributed by atoms with van der Waals surface area (Å²) < 4.78 is 10.4. The van der Waals surface area contributed by atoms with Gasteiger partial charge < -0.3 is 14.8 Å². The predicted molar refractivity (Wildman–Crippen MR) is 108 cm³/mol. The first-order valence-corrected chi connectivity index (χ1v) is 9.29. The van der Waals surface area contributed by atoms with Crippen LogP contribution in [0.3, 0.4) is 0 Å². The summed E-state index contributed by atoms with van der Waals surface area (Å²) in [5.74, 6) is -0.360. The van der Waals surface area contributed by atoms with Gasteiger partial charge >= 0.3 is 12.2 Å². The third-order valence-corrected chi connectivity index (χ3v) is 3.89. The molecule has 2 atom stereocenters. The minimum absolute atomic E-state index is 0.0779. The van der Waals surface area contributed by atoms with E-state index in [2.05, 4.69) is 17.3 Å². The van der Waals surface area contributed by atoms with Crippen molar-refractivity contribution in [3.05, 3.63) is 60.7 Å². The molecule has 1 aliphatic rings. The fourth-order valence-electron chi connectivity index (χ4n) is 2.75. The van der Waals surface area contributed by atoms with Crippen LogP contribution >= 0.6 is 0 Å². The van der Waals surface area contributed by atoms with Gasteiger partial charge in [0.25, 0.3) is 0 Å². The number of carbonyl (C=O) groups excluding carboxylic acids is 3. The molecule has 0 saturated heterocycles. The van der Waals surface area contributed by atoms with Crippen molar-refractivity contribution in [2.24, 2.45) is 0 Å². The van der Waals surface area contributed by atoms with Crippen LogP contribution in [0.25, 0.3) is 0 Å². The van der Waals surface area contributed by atoms with E-state index in [1.165, 1.54) is 6.08 Å². The summed E-state index contributed by atoms with van der Waals surface area (Å²) in [6.07, 6.45) is 3.24. The van der Waals surface area contributed by atoms with Gasteiger partial charge in [-0.3, -0.25) is 4.79 Å². The predicted octanol–water partition coefficient (Wildman–Crippen LogP) is 2.83. The molecule has 2 rings (SSSR count). The van der Waals surface area contributed by atoms with E-state index < -0.39 is 29.9 Å². The maximum Gasteiger partial charge on any atom is 0.429 e. The molecule has 0 bridgehead atoms. The van der Waals surface area contributed by atoms with E-state index in [9.17, 15) is 14.4 Å². The molecular weight excluding hydrogens is 374 g/mol. The molecule has 8 nitrogen and oxygen atoms in total. The van der Waals surface area contributed by atoms with Crippen LogP contribution in [0, 0.1) is 0 Å². The van der Waals surface area contributed by atoms with Gasteiger partial charge in [-0.05, 0) is 20.8 Å². The third-order valence-electron chi connectivity index (χ3n) is 3.89. The molecule has 8 heteroatoms.